The molecule has 5 amide bonds. The maximum Gasteiger partial charge on any atom is 0.469 e. The van der Waals surface area contributed by atoms with E-state index in [-0.39, 0.29) is 30.6 Å². The molecule has 0 heterocycles. The SMILES string of the molecule is CC(C)C[C@H](NC(=O)[C@@H](NC(=O)[C@H](CO)NC(=O)[C@H](CC(C)C)NC(=O)[C@@H](N)C(C)C)[C@@H](C)OP(=O)(O)O)C(N)=O. The lowest BCUT2D eigenvalue weighted by Gasteiger charge is -2.29. The molecule has 11 N–H and O–H groups in total. The van der Waals surface area contributed by atoms with E-state index in [1.165, 1.54) is 0 Å². The predicted octanol–water partition coefficient (Wildman–Crippen LogP) is -2.02. The second-order valence-electron chi connectivity index (χ2n) is 11.1. The second kappa shape index (κ2) is 17.4. The number of carbonyl (C=O) groups is 5. The number of aliphatic hydroxyl groups excluding tert-OH is 1. The number of nitrogens with one attached hydrogen (secondary N) is 4. The fourth-order valence-corrected chi connectivity index (χ4v) is 4.20. The van der Waals surface area contributed by atoms with Gasteiger partial charge in [0.1, 0.15) is 24.2 Å². The van der Waals surface area contributed by atoms with Crippen molar-refractivity contribution in [1.82, 2.24) is 21.3 Å². The lowest BCUT2D eigenvalue weighted by molar-refractivity contribution is -0.136. The highest BCUT2D eigenvalue weighted by molar-refractivity contribution is 7.46. The average Bonchev–Trinajstić information content (AvgIpc) is 2.81. The molecule has 0 aromatic rings. The molecule has 0 aliphatic carbocycles. The molecule has 16 nitrogen and oxygen atoms in total. The van der Waals surface area contributed by atoms with Crippen molar-refractivity contribution >= 4 is 37.4 Å². The first-order valence-corrected chi connectivity index (χ1v) is 14.8. The molecule has 0 unspecified atom stereocenters. The molecule has 238 valence electrons. The number of amides is 5. The van der Waals surface area contributed by atoms with Crippen molar-refractivity contribution < 1.29 is 48.0 Å². The van der Waals surface area contributed by atoms with Crippen molar-refractivity contribution in [3.05, 3.63) is 0 Å². The third-order valence-electron chi connectivity index (χ3n) is 5.90. The van der Waals surface area contributed by atoms with E-state index in [0.717, 1.165) is 6.92 Å². The van der Waals surface area contributed by atoms with Crippen LogP contribution in [0.25, 0.3) is 0 Å². The summed E-state index contributed by atoms with van der Waals surface area (Å²) in [6.07, 6.45) is -1.33. The van der Waals surface area contributed by atoms with E-state index in [9.17, 15) is 43.4 Å². The zero-order chi connectivity index (χ0) is 32.2. The zero-order valence-electron chi connectivity index (χ0n) is 24.6. The Morgan fingerprint density at radius 3 is 1.59 bits per heavy atom. The van der Waals surface area contributed by atoms with Crippen molar-refractivity contribution in [1.29, 1.82) is 0 Å². The third-order valence-corrected chi connectivity index (χ3v) is 6.50. The molecule has 0 aromatic heterocycles. The Morgan fingerprint density at radius 2 is 1.17 bits per heavy atom. The van der Waals surface area contributed by atoms with Gasteiger partial charge in [-0.15, -0.1) is 0 Å². The Labute approximate surface area is 240 Å². The highest BCUT2D eigenvalue weighted by Crippen LogP contribution is 2.38. The third kappa shape index (κ3) is 14.7. The summed E-state index contributed by atoms with van der Waals surface area (Å²) in [6.45, 7) is 10.7. The number of primary amides is 1. The van der Waals surface area contributed by atoms with Crippen LogP contribution in [0.2, 0.25) is 0 Å². The van der Waals surface area contributed by atoms with Crippen LogP contribution in [0.15, 0.2) is 0 Å². The number of phosphoric ester groups is 1. The molecule has 0 aromatic carbocycles. The second-order valence-corrected chi connectivity index (χ2v) is 12.3. The molecule has 0 saturated heterocycles. The maximum atomic E-state index is 13.0. The van der Waals surface area contributed by atoms with Gasteiger partial charge in [-0.2, -0.15) is 0 Å². The number of phosphoric acid groups is 1. The number of aliphatic hydroxyl groups is 1. The van der Waals surface area contributed by atoms with Crippen molar-refractivity contribution in [3.8, 4) is 0 Å². The Morgan fingerprint density at radius 1 is 0.732 bits per heavy atom. The first kappa shape index (κ1) is 38.4. The summed E-state index contributed by atoms with van der Waals surface area (Å²) in [5.74, 6) is -4.81. The molecule has 0 spiro atoms. The fraction of sp³-hybridized carbons (Fsp3) is 0.792. The van der Waals surface area contributed by atoms with Gasteiger partial charge in [-0.3, -0.25) is 28.5 Å². The van der Waals surface area contributed by atoms with Gasteiger partial charge < -0.3 is 47.6 Å². The number of hydrogen-bond donors (Lipinski definition) is 9. The van der Waals surface area contributed by atoms with Crippen LogP contribution < -0.4 is 32.7 Å². The van der Waals surface area contributed by atoms with Crippen LogP contribution in [-0.4, -0.2) is 87.3 Å². The molecular formula is C24H47N6O10P. The molecule has 0 saturated carbocycles. The van der Waals surface area contributed by atoms with Gasteiger partial charge in [-0.05, 0) is 37.5 Å². The molecular weight excluding hydrogens is 563 g/mol. The Kier molecular flexibility index (Phi) is 16.3. The summed E-state index contributed by atoms with van der Waals surface area (Å²) >= 11 is 0. The van der Waals surface area contributed by atoms with Gasteiger partial charge in [-0.25, -0.2) is 4.57 Å². The molecule has 17 heteroatoms. The first-order valence-electron chi connectivity index (χ1n) is 13.3. The summed E-state index contributed by atoms with van der Waals surface area (Å²) in [5.41, 5.74) is 11.2. The minimum Gasteiger partial charge on any atom is -0.394 e. The molecule has 0 bridgehead atoms. The van der Waals surface area contributed by atoms with E-state index in [1.54, 1.807) is 41.5 Å². The fourth-order valence-electron chi connectivity index (χ4n) is 3.65. The van der Waals surface area contributed by atoms with Gasteiger partial charge in [0.05, 0.1) is 18.8 Å². The molecule has 0 rings (SSSR count). The Balaban J connectivity index is 5.94. The quantitative estimate of drug-likeness (QED) is 0.0764. The van der Waals surface area contributed by atoms with E-state index >= 15 is 0 Å². The van der Waals surface area contributed by atoms with Gasteiger partial charge in [0, 0.05) is 0 Å². The van der Waals surface area contributed by atoms with Crippen LogP contribution in [-0.2, 0) is 33.1 Å². The number of rotatable bonds is 18. The van der Waals surface area contributed by atoms with Crippen LogP contribution in [0.1, 0.15) is 61.3 Å². The number of nitrogens with two attached hydrogens (primary N) is 2. The maximum absolute atomic E-state index is 13.0. The van der Waals surface area contributed by atoms with Gasteiger partial charge in [0.2, 0.25) is 29.5 Å². The van der Waals surface area contributed by atoms with Crippen LogP contribution in [0.4, 0.5) is 0 Å². The average molecular weight is 611 g/mol. The lowest BCUT2D eigenvalue weighted by atomic mass is 10.00. The van der Waals surface area contributed by atoms with Gasteiger partial charge in [0.15, 0.2) is 0 Å². The van der Waals surface area contributed by atoms with E-state index in [1.807, 2.05) is 0 Å². The molecule has 6 atom stereocenters. The van der Waals surface area contributed by atoms with Crippen molar-refractivity contribution in [2.24, 2.45) is 29.2 Å². The van der Waals surface area contributed by atoms with E-state index in [0.29, 0.717) is 0 Å². The topological polar surface area (TPSA) is 272 Å². The molecule has 0 fully saturated rings. The standard InChI is InChI=1S/C24H47N6O10P/c1-11(2)8-15(20(26)32)27-24(36)19(14(7)40-41(37,38)39)30-22(34)17(10-31)29-21(33)16(9-12(3)4)28-23(35)18(25)13(5)6/h11-19,31H,8-10,25H2,1-7H3,(H2,26,32)(H,27,36)(H,28,35)(H,29,33)(H,30,34)(H2,37,38,39)/t14-,15+,16+,17+,18+,19+/m1/s1. The smallest absolute Gasteiger partial charge is 0.394 e. The van der Waals surface area contributed by atoms with Crippen LogP contribution in [0, 0.1) is 17.8 Å². The highest BCUT2D eigenvalue weighted by Gasteiger charge is 2.36. The molecule has 41 heavy (non-hydrogen) atoms. The predicted molar refractivity (Wildman–Crippen MR) is 148 cm³/mol. The van der Waals surface area contributed by atoms with Crippen molar-refractivity contribution in [3.63, 3.8) is 0 Å². The summed E-state index contributed by atoms with van der Waals surface area (Å²) in [6, 6.07) is -6.62. The zero-order valence-corrected chi connectivity index (χ0v) is 25.5. The van der Waals surface area contributed by atoms with Gasteiger partial charge in [0.25, 0.3) is 0 Å². The monoisotopic (exact) mass is 610 g/mol. The van der Waals surface area contributed by atoms with E-state index in [4.69, 9.17) is 11.5 Å². The van der Waals surface area contributed by atoms with Gasteiger partial charge >= 0.3 is 7.82 Å². The van der Waals surface area contributed by atoms with E-state index in [2.05, 4.69) is 25.8 Å². The van der Waals surface area contributed by atoms with Crippen LogP contribution >= 0.6 is 7.82 Å². The first-order chi connectivity index (χ1) is 18.7. The molecule has 0 aliphatic rings. The normalized spacial score (nSPS) is 16.3. The largest absolute Gasteiger partial charge is 0.469 e. The Hall–Kier alpha value is -2.62. The molecule has 0 radical (unpaired) electrons. The molecule has 0 aliphatic heterocycles. The summed E-state index contributed by atoms with van der Waals surface area (Å²) < 4.78 is 16.0. The minimum absolute atomic E-state index is 0.0644. The van der Waals surface area contributed by atoms with Crippen molar-refractivity contribution in [2.45, 2.75) is 97.6 Å². The summed E-state index contributed by atoms with van der Waals surface area (Å²) in [5, 5.41) is 19.2. The summed E-state index contributed by atoms with van der Waals surface area (Å²) in [4.78, 5) is 81.9. The Bertz CT molecular complexity index is 957. The van der Waals surface area contributed by atoms with Crippen LogP contribution in [0.5, 0.6) is 0 Å². The van der Waals surface area contributed by atoms with E-state index < -0.39 is 80.3 Å². The minimum atomic E-state index is -5.14. The van der Waals surface area contributed by atoms with Crippen molar-refractivity contribution in [2.75, 3.05) is 6.61 Å². The summed E-state index contributed by atoms with van der Waals surface area (Å²) in [7, 11) is -5.14. The van der Waals surface area contributed by atoms with Gasteiger partial charge in [-0.1, -0.05) is 41.5 Å². The lowest BCUT2D eigenvalue weighted by Crippen LogP contribution is -2.61. The van der Waals surface area contributed by atoms with Crippen LogP contribution in [0.3, 0.4) is 0 Å². The highest BCUT2D eigenvalue weighted by atomic mass is 31.2. The number of carbonyl (C=O) groups excluding carboxylic acids is 5. The number of hydrogen-bond acceptors (Lipinski definition) is 9.